The molecule has 4 nitrogen and oxygen atoms in total. The minimum absolute atomic E-state index is 0.105. The zero-order chi connectivity index (χ0) is 19.6. The molecule has 2 aromatic rings. The van der Waals surface area contributed by atoms with Crippen LogP contribution in [0.25, 0.3) is 0 Å². The Morgan fingerprint density at radius 1 is 1.19 bits per heavy atom. The topological polar surface area (TPSA) is 42.5 Å². The smallest absolute Gasteiger partial charge is 0.171 e. The standard InChI is InChI=1S/C22H28N2O2S/c1-14(2)25-17-9-7-16(8-10-17)23-21(27)24-19-13-22(4,5)26-20-12-15(3)6-11-18(19)20/h6-12,14,19H,13H2,1-5H3,(H2,23,24,27)/t19-/m1/s1. The van der Waals surface area contributed by atoms with Crippen LogP contribution in [-0.4, -0.2) is 16.8 Å². The fraction of sp³-hybridized carbons (Fsp3) is 0.409. The number of rotatable bonds is 4. The number of aryl methyl sites for hydroxylation is 1. The average Bonchev–Trinajstić information content (AvgIpc) is 2.54. The Hall–Kier alpha value is -2.27. The second-order valence-corrected chi connectivity index (χ2v) is 8.36. The van der Waals surface area contributed by atoms with Gasteiger partial charge in [0, 0.05) is 17.7 Å². The molecule has 144 valence electrons. The summed E-state index contributed by atoms with van der Waals surface area (Å²) in [5.74, 6) is 1.78. The van der Waals surface area contributed by atoms with E-state index >= 15 is 0 Å². The van der Waals surface area contributed by atoms with Crippen LogP contribution < -0.4 is 20.1 Å². The van der Waals surface area contributed by atoms with Gasteiger partial charge in [-0.25, -0.2) is 0 Å². The number of ether oxygens (including phenoxy) is 2. The van der Waals surface area contributed by atoms with Crippen LogP contribution in [0, 0.1) is 6.92 Å². The van der Waals surface area contributed by atoms with E-state index in [1.807, 2.05) is 38.1 Å². The number of nitrogens with one attached hydrogen (secondary N) is 2. The predicted octanol–water partition coefficient (Wildman–Crippen LogP) is 5.37. The summed E-state index contributed by atoms with van der Waals surface area (Å²) in [5, 5.41) is 7.32. The molecule has 0 saturated carbocycles. The van der Waals surface area contributed by atoms with Crippen LogP contribution in [0.4, 0.5) is 5.69 Å². The fourth-order valence-electron chi connectivity index (χ4n) is 3.30. The van der Waals surface area contributed by atoms with Gasteiger partial charge < -0.3 is 20.1 Å². The van der Waals surface area contributed by atoms with E-state index in [4.69, 9.17) is 21.7 Å². The fourth-order valence-corrected chi connectivity index (χ4v) is 3.56. The van der Waals surface area contributed by atoms with Crippen molar-refractivity contribution in [1.82, 2.24) is 5.32 Å². The van der Waals surface area contributed by atoms with E-state index in [1.54, 1.807) is 0 Å². The lowest BCUT2D eigenvalue weighted by Gasteiger charge is -2.38. The molecule has 0 aromatic heterocycles. The molecule has 1 atom stereocenters. The molecule has 0 saturated heterocycles. The van der Waals surface area contributed by atoms with E-state index < -0.39 is 0 Å². The monoisotopic (exact) mass is 384 g/mol. The lowest BCUT2D eigenvalue weighted by molar-refractivity contribution is 0.0696. The third-order valence-electron chi connectivity index (χ3n) is 4.42. The Morgan fingerprint density at radius 2 is 1.89 bits per heavy atom. The summed E-state index contributed by atoms with van der Waals surface area (Å²) in [5.41, 5.74) is 3.02. The molecule has 0 aliphatic carbocycles. The van der Waals surface area contributed by atoms with E-state index in [1.165, 1.54) is 5.56 Å². The van der Waals surface area contributed by atoms with Gasteiger partial charge in [-0.2, -0.15) is 0 Å². The SMILES string of the molecule is Cc1ccc2c(c1)OC(C)(C)C[C@H]2NC(=S)Nc1ccc(OC(C)C)cc1. The van der Waals surface area contributed by atoms with Crippen molar-refractivity contribution < 1.29 is 9.47 Å². The first kappa shape index (κ1) is 19.5. The van der Waals surface area contributed by atoms with Crippen LogP contribution in [0.1, 0.15) is 51.3 Å². The molecular formula is C22H28N2O2S. The zero-order valence-corrected chi connectivity index (χ0v) is 17.4. The molecule has 2 N–H and O–H groups in total. The number of hydrogen-bond donors (Lipinski definition) is 2. The highest BCUT2D eigenvalue weighted by Gasteiger charge is 2.34. The van der Waals surface area contributed by atoms with Gasteiger partial charge in [0.1, 0.15) is 17.1 Å². The van der Waals surface area contributed by atoms with Gasteiger partial charge in [-0.1, -0.05) is 12.1 Å². The number of hydrogen-bond acceptors (Lipinski definition) is 3. The molecule has 0 radical (unpaired) electrons. The van der Waals surface area contributed by atoms with Gasteiger partial charge in [-0.05, 0) is 82.7 Å². The van der Waals surface area contributed by atoms with Crippen LogP contribution in [0.2, 0.25) is 0 Å². The summed E-state index contributed by atoms with van der Waals surface area (Å²) in [6.45, 7) is 10.3. The van der Waals surface area contributed by atoms with Crippen molar-refractivity contribution in [3.63, 3.8) is 0 Å². The molecular weight excluding hydrogens is 356 g/mol. The summed E-state index contributed by atoms with van der Waals surface area (Å²) in [6, 6.07) is 14.3. The molecule has 1 aliphatic rings. The van der Waals surface area contributed by atoms with Crippen LogP contribution >= 0.6 is 12.2 Å². The van der Waals surface area contributed by atoms with Crippen LogP contribution in [0.3, 0.4) is 0 Å². The van der Waals surface area contributed by atoms with E-state index in [0.717, 1.165) is 29.2 Å². The Morgan fingerprint density at radius 3 is 2.56 bits per heavy atom. The number of benzene rings is 2. The molecule has 0 spiro atoms. The zero-order valence-electron chi connectivity index (χ0n) is 16.6. The lowest BCUT2D eigenvalue weighted by atomic mass is 9.89. The molecule has 2 aromatic carbocycles. The van der Waals surface area contributed by atoms with Gasteiger partial charge >= 0.3 is 0 Å². The van der Waals surface area contributed by atoms with Crippen molar-refractivity contribution in [3.05, 3.63) is 53.6 Å². The number of fused-ring (bicyclic) bond motifs is 1. The molecule has 1 aliphatic heterocycles. The highest BCUT2D eigenvalue weighted by molar-refractivity contribution is 7.80. The molecule has 5 heteroatoms. The summed E-state index contributed by atoms with van der Waals surface area (Å²) in [6.07, 6.45) is 0.999. The van der Waals surface area contributed by atoms with Crippen LogP contribution in [0.15, 0.2) is 42.5 Å². The maximum absolute atomic E-state index is 6.16. The summed E-state index contributed by atoms with van der Waals surface area (Å²) < 4.78 is 11.8. The van der Waals surface area contributed by atoms with Gasteiger partial charge in [0.15, 0.2) is 5.11 Å². The summed E-state index contributed by atoms with van der Waals surface area (Å²) in [7, 11) is 0. The van der Waals surface area contributed by atoms with Crippen molar-refractivity contribution in [3.8, 4) is 11.5 Å². The normalized spacial score (nSPS) is 17.6. The third kappa shape index (κ3) is 5.13. The van der Waals surface area contributed by atoms with E-state index in [0.29, 0.717) is 5.11 Å². The Bertz CT molecular complexity index is 816. The van der Waals surface area contributed by atoms with Gasteiger partial charge in [-0.15, -0.1) is 0 Å². The quantitative estimate of drug-likeness (QED) is 0.694. The van der Waals surface area contributed by atoms with E-state index in [-0.39, 0.29) is 17.7 Å². The largest absolute Gasteiger partial charge is 0.491 e. The summed E-state index contributed by atoms with van der Waals surface area (Å²) in [4.78, 5) is 0. The second-order valence-electron chi connectivity index (χ2n) is 7.95. The molecule has 27 heavy (non-hydrogen) atoms. The first-order valence-electron chi connectivity index (χ1n) is 9.36. The minimum atomic E-state index is -0.246. The first-order chi connectivity index (χ1) is 12.7. The van der Waals surface area contributed by atoms with E-state index in [9.17, 15) is 0 Å². The number of anilines is 1. The van der Waals surface area contributed by atoms with Crippen molar-refractivity contribution >= 4 is 23.0 Å². The minimum Gasteiger partial charge on any atom is -0.491 e. The van der Waals surface area contributed by atoms with Crippen molar-refractivity contribution in [2.75, 3.05) is 5.32 Å². The maximum atomic E-state index is 6.16. The third-order valence-corrected chi connectivity index (χ3v) is 4.64. The average molecular weight is 385 g/mol. The van der Waals surface area contributed by atoms with Crippen LogP contribution in [-0.2, 0) is 0 Å². The van der Waals surface area contributed by atoms with Gasteiger partial charge in [0.2, 0.25) is 0 Å². The molecule has 0 bridgehead atoms. The van der Waals surface area contributed by atoms with Gasteiger partial charge in [-0.3, -0.25) is 0 Å². The highest BCUT2D eigenvalue weighted by Crippen LogP contribution is 2.39. The van der Waals surface area contributed by atoms with Gasteiger partial charge in [0.05, 0.1) is 12.1 Å². The van der Waals surface area contributed by atoms with Gasteiger partial charge in [0.25, 0.3) is 0 Å². The molecule has 0 fully saturated rings. The molecule has 1 heterocycles. The molecule has 3 rings (SSSR count). The Labute approximate surface area is 167 Å². The number of thiocarbonyl (C=S) groups is 1. The lowest BCUT2D eigenvalue weighted by Crippen LogP contribution is -2.42. The molecule has 0 unspecified atom stereocenters. The summed E-state index contributed by atoms with van der Waals surface area (Å²) >= 11 is 5.56. The second kappa shape index (κ2) is 7.77. The molecule has 0 amide bonds. The Balaban J connectivity index is 1.69. The van der Waals surface area contributed by atoms with Crippen molar-refractivity contribution in [2.24, 2.45) is 0 Å². The van der Waals surface area contributed by atoms with Crippen LogP contribution in [0.5, 0.6) is 11.5 Å². The Kier molecular flexibility index (Phi) is 5.61. The maximum Gasteiger partial charge on any atom is 0.171 e. The van der Waals surface area contributed by atoms with Crippen molar-refractivity contribution in [1.29, 1.82) is 0 Å². The predicted molar refractivity (Wildman–Crippen MR) is 115 cm³/mol. The van der Waals surface area contributed by atoms with Crippen molar-refractivity contribution in [2.45, 2.75) is 58.8 Å². The highest BCUT2D eigenvalue weighted by atomic mass is 32.1. The van der Waals surface area contributed by atoms with E-state index in [2.05, 4.69) is 49.6 Å². The first-order valence-corrected chi connectivity index (χ1v) is 9.76.